The molecule has 2 aromatic rings. The third-order valence-electron chi connectivity index (χ3n) is 4.25. The van der Waals surface area contributed by atoms with Crippen molar-refractivity contribution in [3.63, 3.8) is 0 Å². The van der Waals surface area contributed by atoms with Crippen LogP contribution in [0.3, 0.4) is 0 Å². The number of fused-ring (bicyclic) bond motifs is 2. The molecule has 6 heteroatoms. The number of anilines is 1. The summed E-state index contributed by atoms with van der Waals surface area (Å²) >= 11 is 9.73. The maximum atomic E-state index is 12.7. The predicted molar refractivity (Wildman–Crippen MR) is 96.3 cm³/mol. The van der Waals surface area contributed by atoms with E-state index in [1.807, 2.05) is 23.1 Å². The number of halogens is 2. The van der Waals surface area contributed by atoms with Gasteiger partial charge in [-0.05, 0) is 47.9 Å². The number of carbonyl (C=O) groups is 1. The summed E-state index contributed by atoms with van der Waals surface area (Å²) in [5.41, 5.74) is 3.02. The normalized spacial score (nSPS) is 15.3. The minimum absolute atomic E-state index is 0.0591. The first kappa shape index (κ1) is 15.8. The minimum Gasteiger partial charge on any atom is -0.486 e. The predicted octanol–water partition coefficient (Wildman–Crippen LogP) is 4.01. The molecule has 0 bridgehead atoms. The number of hydrogen-bond acceptors (Lipinski definition) is 3. The van der Waals surface area contributed by atoms with Gasteiger partial charge in [-0.25, -0.2) is 0 Å². The van der Waals surface area contributed by atoms with Gasteiger partial charge < -0.3 is 14.4 Å². The van der Waals surface area contributed by atoms with Crippen LogP contribution in [0.1, 0.15) is 11.1 Å². The van der Waals surface area contributed by atoms with Gasteiger partial charge in [0.25, 0.3) is 0 Å². The van der Waals surface area contributed by atoms with Gasteiger partial charge in [0, 0.05) is 16.7 Å². The molecule has 2 aromatic carbocycles. The lowest BCUT2D eigenvalue weighted by Crippen LogP contribution is -2.30. The molecule has 0 unspecified atom stereocenters. The van der Waals surface area contributed by atoms with E-state index < -0.39 is 0 Å². The Morgan fingerprint density at radius 3 is 2.92 bits per heavy atom. The number of ether oxygens (including phenoxy) is 2. The van der Waals surface area contributed by atoms with Crippen LogP contribution in [0.15, 0.2) is 34.8 Å². The molecule has 0 spiro atoms. The van der Waals surface area contributed by atoms with E-state index in [1.54, 1.807) is 6.07 Å². The molecule has 4 nitrogen and oxygen atoms in total. The van der Waals surface area contributed by atoms with Gasteiger partial charge in [-0.1, -0.05) is 27.5 Å². The number of benzene rings is 2. The average Bonchev–Trinajstić information content (AvgIpc) is 2.98. The third kappa shape index (κ3) is 2.87. The van der Waals surface area contributed by atoms with Gasteiger partial charge in [0.05, 0.1) is 11.4 Å². The van der Waals surface area contributed by atoms with Crippen molar-refractivity contribution in [1.82, 2.24) is 0 Å². The largest absolute Gasteiger partial charge is 0.486 e. The second-order valence-corrected chi connectivity index (χ2v) is 7.17. The van der Waals surface area contributed by atoms with Crippen LogP contribution < -0.4 is 14.4 Å². The Morgan fingerprint density at radius 1 is 1.21 bits per heavy atom. The van der Waals surface area contributed by atoms with E-state index in [2.05, 4.69) is 22.0 Å². The average molecular weight is 409 g/mol. The summed E-state index contributed by atoms with van der Waals surface area (Å²) in [6, 6.07) is 9.65. The molecule has 2 aliphatic heterocycles. The van der Waals surface area contributed by atoms with E-state index in [0.29, 0.717) is 36.3 Å². The van der Waals surface area contributed by atoms with E-state index in [9.17, 15) is 4.79 Å². The van der Waals surface area contributed by atoms with E-state index in [1.165, 1.54) is 5.56 Å². The van der Waals surface area contributed by atoms with Crippen molar-refractivity contribution in [2.45, 2.75) is 12.8 Å². The van der Waals surface area contributed by atoms with Crippen LogP contribution in [-0.2, 0) is 17.6 Å². The van der Waals surface area contributed by atoms with Gasteiger partial charge in [0.2, 0.25) is 5.91 Å². The summed E-state index contributed by atoms with van der Waals surface area (Å²) < 4.78 is 12.1. The molecule has 0 radical (unpaired) electrons. The van der Waals surface area contributed by atoms with Crippen molar-refractivity contribution < 1.29 is 14.3 Å². The molecule has 0 aliphatic carbocycles. The van der Waals surface area contributed by atoms with Gasteiger partial charge in [0.15, 0.2) is 11.5 Å². The smallest absolute Gasteiger partial charge is 0.231 e. The molecule has 0 saturated heterocycles. The quantitative estimate of drug-likeness (QED) is 0.754. The Labute approximate surface area is 153 Å². The lowest BCUT2D eigenvalue weighted by molar-refractivity contribution is -0.117. The Balaban J connectivity index is 1.57. The zero-order chi connectivity index (χ0) is 16.7. The highest BCUT2D eigenvalue weighted by atomic mass is 79.9. The van der Waals surface area contributed by atoms with Crippen molar-refractivity contribution in [3.8, 4) is 11.5 Å². The number of carbonyl (C=O) groups excluding carboxylic acids is 1. The molecule has 2 aliphatic rings. The number of nitrogens with zero attached hydrogens (tertiary/aromatic N) is 1. The van der Waals surface area contributed by atoms with Crippen LogP contribution in [0.2, 0.25) is 5.02 Å². The summed E-state index contributed by atoms with van der Waals surface area (Å²) in [6.45, 7) is 1.70. The van der Waals surface area contributed by atoms with Crippen molar-refractivity contribution in [2.75, 3.05) is 24.7 Å². The van der Waals surface area contributed by atoms with Crippen LogP contribution in [0.5, 0.6) is 11.5 Å². The molecular weight excluding hydrogens is 394 g/mol. The molecule has 24 heavy (non-hydrogen) atoms. The van der Waals surface area contributed by atoms with Crippen LogP contribution >= 0.6 is 27.5 Å². The molecule has 1 amide bonds. The molecule has 4 rings (SSSR count). The van der Waals surface area contributed by atoms with Crippen LogP contribution in [0, 0.1) is 0 Å². The SMILES string of the molecule is O=C(Cc1cc(Cl)c2c(c1)OCCO2)N1CCc2cc(Br)ccc21. The molecule has 0 saturated carbocycles. The topological polar surface area (TPSA) is 38.8 Å². The fraction of sp³-hybridized carbons (Fsp3) is 0.278. The fourth-order valence-electron chi connectivity index (χ4n) is 3.17. The number of rotatable bonds is 2. The van der Waals surface area contributed by atoms with E-state index in [0.717, 1.165) is 22.1 Å². The highest BCUT2D eigenvalue weighted by Crippen LogP contribution is 2.39. The van der Waals surface area contributed by atoms with Crippen molar-refractivity contribution in [2.24, 2.45) is 0 Å². The van der Waals surface area contributed by atoms with Crippen molar-refractivity contribution >= 4 is 39.1 Å². The van der Waals surface area contributed by atoms with Crippen molar-refractivity contribution in [1.29, 1.82) is 0 Å². The minimum atomic E-state index is 0.0591. The molecule has 0 aromatic heterocycles. The van der Waals surface area contributed by atoms with E-state index in [-0.39, 0.29) is 12.3 Å². The fourth-order valence-corrected chi connectivity index (χ4v) is 3.86. The first-order chi connectivity index (χ1) is 11.6. The zero-order valence-electron chi connectivity index (χ0n) is 12.9. The highest BCUT2D eigenvalue weighted by molar-refractivity contribution is 9.10. The maximum Gasteiger partial charge on any atom is 0.231 e. The van der Waals surface area contributed by atoms with Gasteiger partial charge in [0.1, 0.15) is 13.2 Å². The summed E-state index contributed by atoms with van der Waals surface area (Å²) in [6.07, 6.45) is 1.16. The van der Waals surface area contributed by atoms with Crippen LogP contribution in [0.25, 0.3) is 0 Å². The molecule has 0 N–H and O–H groups in total. The van der Waals surface area contributed by atoms with Crippen molar-refractivity contribution in [3.05, 3.63) is 51.0 Å². The Kier molecular flexibility index (Phi) is 4.14. The Morgan fingerprint density at radius 2 is 2.04 bits per heavy atom. The second-order valence-electron chi connectivity index (χ2n) is 5.85. The highest BCUT2D eigenvalue weighted by Gasteiger charge is 2.25. The van der Waals surface area contributed by atoms with Crippen LogP contribution in [0.4, 0.5) is 5.69 Å². The van der Waals surface area contributed by atoms with Gasteiger partial charge >= 0.3 is 0 Å². The van der Waals surface area contributed by atoms with Gasteiger partial charge in [-0.2, -0.15) is 0 Å². The lowest BCUT2D eigenvalue weighted by Gasteiger charge is -2.21. The standard InChI is InChI=1S/C18H15BrClNO3/c19-13-1-2-15-12(10-13)3-4-21(15)17(22)9-11-7-14(20)18-16(8-11)23-5-6-24-18/h1-2,7-8,10H,3-6,9H2. The van der Waals surface area contributed by atoms with Gasteiger partial charge in [-0.3, -0.25) is 4.79 Å². The molecule has 0 fully saturated rings. The first-order valence-electron chi connectivity index (χ1n) is 7.78. The second kappa shape index (κ2) is 6.30. The number of hydrogen-bond donors (Lipinski definition) is 0. The zero-order valence-corrected chi connectivity index (χ0v) is 15.2. The van der Waals surface area contributed by atoms with E-state index in [4.69, 9.17) is 21.1 Å². The Hall–Kier alpha value is -1.72. The molecule has 124 valence electrons. The summed E-state index contributed by atoms with van der Waals surface area (Å²) in [5, 5.41) is 0.487. The first-order valence-corrected chi connectivity index (χ1v) is 8.96. The number of amides is 1. The summed E-state index contributed by atoms with van der Waals surface area (Å²) in [7, 11) is 0. The third-order valence-corrected chi connectivity index (χ3v) is 5.02. The maximum absolute atomic E-state index is 12.7. The summed E-state index contributed by atoms with van der Waals surface area (Å²) in [4.78, 5) is 14.6. The summed E-state index contributed by atoms with van der Waals surface area (Å²) in [5.74, 6) is 1.24. The monoisotopic (exact) mass is 407 g/mol. The lowest BCUT2D eigenvalue weighted by atomic mass is 10.1. The molecular formula is C18H15BrClNO3. The molecule has 0 atom stereocenters. The van der Waals surface area contributed by atoms with Crippen LogP contribution in [-0.4, -0.2) is 25.7 Å². The van der Waals surface area contributed by atoms with E-state index >= 15 is 0 Å². The Bertz CT molecular complexity index is 824. The molecule has 2 heterocycles. The van der Waals surface area contributed by atoms with Gasteiger partial charge in [-0.15, -0.1) is 0 Å².